The summed E-state index contributed by atoms with van der Waals surface area (Å²) >= 11 is 0.660. The summed E-state index contributed by atoms with van der Waals surface area (Å²) in [6.07, 6.45) is 7.72. The predicted octanol–water partition coefficient (Wildman–Crippen LogP) is 4.37. The first-order valence-corrected chi connectivity index (χ1v) is 8.49. The molecular weight excluding hydrogens is 275 g/mol. The van der Waals surface area contributed by atoms with Crippen molar-refractivity contribution in [1.82, 2.24) is 0 Å². The fourth-order valence-electron chi connectivity index (χ4n) is 1.52. The number of rotatable bonds is 8. The van der Waals surface area contributed by atoms with E-state index in [4.69, 9.17) is 4.74 Å². The summed E-state index contributed by atoms with van der Waals surface area (Å²) < 4.78 is 5.13. The molecular formula is C15H22OSe. The van der Waals surface area contributed by atoms with Gasteiger partial charge in [0.05, 0.1) is 0 Å². The standard InChI is InChI=1S/C15H22OSe/c1-3-4-5-6-12-17-13-11-14-7-9-15(16-2)10-8-14/h7-11,13H,3-6,12H2,1-2H3/b13-11+. The number of benzene rings is 1. The molecule has 0 aliphatic carbocycles. The molecule has 94 valence electrons. The Balaban J connectivity index is 2.19. The molecule has 0 spiro atoms. The monoisotopic (exact) mass is 298 g/mol. The van der Waals surface area contributed by atoms with Gasteiger partial charge in [-0.2, -0.15) is 0 Å². The zero-order chi connectivity index (χ0) is 12.3. The molecule has 0 heterocycles. The maximum atomic E-state index is 5.13. The molecule has 1 nitrogen and oxygen atoms in total. The predicted molar refractivity (Wildman–Crippen MR) is 76.7 cm³/mol. The van der Waals surface area contributed by atoms with Crippen LogP contribution in [0.25, 0.3) is 6.08 Å². The van der Waals surface area contributed by atoms with E-state index < -0.39 is 0 Å². The van der Waals surface area contributed by atoms with Gasteiger partial charge < -0.3 is 0 Å². The Kier molecular flexibility index (Phi) is 7.87. The van der Waals surface area contributed by atoms with Gasteiger partial charge in [0.25, 0.3) is 0 Å². The molecule has 1 aromatic rings. The van der Waals surface area contributed by atoms with Crippen molar-refractivity contribution in [3.63, 3.8) is 0 Å². The molecule has 0 aliphatic rings. The van der Waals surface area contributed by atoms with Crippen LogP contribution < -0.4 is 4.74 Å². The number of unbranched alkanes of at least 4 members (excludes halogenated alkanes) is 3. The molecule has 1 aromatic carbocycles. The molecule has 0 aromatic heterocycles. The average molecular weight is 297 g/mol. The van der Waals surface area contributed by atoms with Crippen LogP contribution in [-0.2, 0) is 0 Å². The molecule has 0 unspecified atom stereocenters. The van der Waals surface area contributed by atoms with Crippen LogP contribution >= 0.6 is 0 Å². The molecule has 0 aliphatic heterocycles. The zero-order valence-electron chi connectivity index (χ0n) is 10.8. The third-order valence-corrected chi connectivity index (χ3v) is 4.38. The second kappa shape index (κ2) is 9.32. The number of ether oxygens (including phenoxy) is 1. The molecule has 2 heteroatoms. The van der Waals surface area contributed by atoms with Gasteiger partial charge in [0.2, 0.25) is 0 Å². The third-order valence-electron chi connectivity index (χ3n) is 2.59. The van der Waals surface area contributed by atoms with Crippen LogP contribution in [0.1, 0.15) is 38.2 Å². The fraction of sp³-hybridized carbons (Fsp3) is 0.467. The topological polar surface area (TPSA) is 9.23 Å². The molecule has 0 radical (unpaired) electrons. The molecule has 0 saturated heterocycles. The van der Waals surface area contributed by atoms with Gasteiger partial charge in [-0.15, -0.1) is 0 Å². The molecule has 0 fully saturated rings. The normalized spacial score (nSPS) is 10.9. The van der Waals surface area contributed by atoms with E-state index in [1.54, 1.807) is 7.11 Å². The quantitative estimate of drug-likeness (QED) is 0.511. The van der Waals surface area contributed by atoms with Gasteiger partial charge in [0.15, 0.2) is 0 Å². The zero-order valence-corrected chi connectivity index (χ0v) is 12.5. The summed E-state index contributed by atoms with van der Waals surface area (Å²) in [5, 5.41) is 1.37. The van der Waals surface area contributed by atoms with Crippen molar-refractivity contribution in [1.29, 1.82) is 0 Å². The van der Waals surface area contributed by atoms with Crippen molar-refractivity contribution >= 4 is 21.0 Å². The van der Waals surface area contributed by atoms with E-state index in [1.165, 1.54) is 36.6 Å². The summed E-state index contributed by atoms with van der Waals surface area (Å²) in [5.74, 6) is 0.923. The van der Waals surface area contributed by atoms with Gasteiger partial charge in [-0.1, -0.05) is 0 Å². The summed E-state index contributed by atoms with van der Waals surface area (Å²) in [5.41, 5.74) is 1.27. The van der Waals surface area contributed by atoms with E-state index in [9.17, 15) is 0 Å². The first kappa shape index (κ1) is 14.3. The minimum atomic E-state index is 0.660. The second-order valence-electron chi connectivity index (χ2n) is 4.01. The Labute approximate surface area is 111 Å². The van der Waals surface area contributed by atoms with E-state index in [1.807, 2.05) is 12.1 Å². The fourth-order valence-corrected chi connectivity index (χ4v) is 3.12. The van der Waals surface area contributed by atoms with E-state index in [2.05, 4.69) is 30.1 Å². The van der Waals surface area contributed by atoms with E-state index in [0.29, 0.717) is 15.0 Å². The van der Waals surface area contributed by atoms with Gasteiger partial charge >= 0.3 is 111 Å². The molecule has 0 N–H and O–H groups in total. The van der Waals surface area contributed by atoms with Crippen LogP contribution in [0.2, 0.25) is 5.32 Å². The molecule has 0 atom stereocenters. The van der Waals surface area contributed by atoms with Gasteiger partial charge in [0, 0.05) is 0 Å². The molecule has 1 rings (SSSR count). The summed E-state index contributed by atoms with van der Waals surface area (Å²) in [7, 11) is 1.70. The first-order valence-electron chi connectivity index (χ1n) is 6.29. The molecule has 17 heavy (non-hydrogen) atoms. The maximum absolute atomic E-state index is 5.13. The Hall–Kier alpha value is -0.721. The van der Waals surface area contributed by atoms with Crippen molar-refractivity contribution < 1.29 is 4.74 Å². The number of hydrogen-bond donors (Lipinski definition) is 0. The van der Waals surface area contributed by atoms with Crippen LogP contribution in [0.5, 0.6) is 5.75 Å². The third kappa shape index (κ3) is 6.55. The summed E-state index contributed by atoms with van der Waals surface area (Å²) in [4.78, 5) is 2.33. The van der Waals surface area contributed by atoms with Crippen molar-refractivity contribution in [2.45, 2.75) is 37.9 Å². The van der Waals surface area contributed by atoms with E-state index >= 15 is 0 Å². The van der Waals surface area contributed by atoms with Gasteiger partial charge in [-0.25, -0.2) is 0 Å². The van der Waals surface area contributed by atoms with Crippen molar-refractivity contribution in [3.8, 4) is 5.75 Å². The SMILES string of the molecule is CCCCCC[Se]/C=C/c1ccc(OC)cc1. The van der Waals surface area contributed by atoms with Crippen molar-refractivity contribution in [2.24, 2.45) is 0 Å². The first-order chi connectivity index (χ1) is 8.36. The van der Waals surface area contributed by atoms with Gasteiger partial charge in [-0.05, 0) is 0 Å². The summed E-state index contributed by atoms with van der Waals surface area (Å²) in [6, 6.07) is 8.22. The Morgan fingerprint density at radius 3 is 2.53 bits per heavy atom. The molecule has 0 saturated carbocycles. The van der Waals surface area contributed by atoms with Gasteiger partial charge in [-0.3, -0.25) is 0 Å². The van der Waals surface area contributed by atoms with Crippen LogP contribution in [0.15, 0.2) is 29.2 Å². The minimum absolute atomic E-state index is 0.660. The van der Waals surface area contributed by atoms with Crippen LogP contribution in [0, 0.1) is 0 Å². The number of methoxy groups -OCH3 is 1. The molecule has 0 amide bonds. The van der Waals surface area contributed by atoms with Crippen molar-refractivity contribution in [2.75, 3.05) is 7.11 Å². The van der Waals surface area contributed by atoms with Crippen LogP contribution in [0.4, 0.5) is 0 Å². The van der Waals surface area contributed by atoms with Crippen LogP contribution in [0.3, 0.4) is 0 Å². The second-order valence-corrected chi connectivity index (χ2v) is 6.13. The van der Waals surface area contributed by atoms with E-state index in [0.717, 1.165) is 5.75 Å². The Morgan fingerprint density at radius 1 is 1.12 bits per heavy atom. The molecule has 0 bridgehead atoms. The number of hydrogen-bond acceptors (Lipinski definition) is 1. The average Bonchev–Trinajstić information content (AvgIpc) is 2.38. The Morgan fingerprint density at radius 2 is 1.88 bits per heavy atom. The summed E-state index contributed by atoms with van der Waals surface area (Å²) in [6.45, 7) is 2.26. The Bertz CT molecular complexity index is 316. The van der Waals surface area contributed by atoms with Crippen molar-refractivity contribution in [3.05, 3.63) is 34.8 Å². The van der Waals surface area contributed by atoms with Gasteiger partial charge in [0.1, 0.15) is 0 Å². The van der Waals surface area contributed by atoms with Crippen LogP contribution in [-0.4, -0.2) is 22.1 Å². The van der Waals surface area contributed by atoms with E-state index in [-0.39, 0.29) is 0 Å².